The molecule has 1 heterocycles. The van der Waals surface area contributed by atoms with Crippen molar-refractivity contribution in [2.75, 3.05) is 16.8 Å². The predicted molar refractivity (Wildman–Crippen MR) is 178 cm³/mol. The molecule has 1 unspecified atom stereocenters. The van der Waals surface area contributed by atoms with Crippen molar-refractivity contribution in [1.29, 1.82) is 0 Å². The van der Waals surface area contributed by atoms with Crippen LogP contribution >= 0.6 is 23.4 Å². The van der Waals surface area contributed by atoms with Crippen LogP contribution < -0.4 is 15.5 Å². The third-order valence-corrected chi connectivity index (χ3v) is 8.29. The lowest BCUT2D eigenvalue weighted by atomic mass is 10.1. The molecule has 0 radical (unpaired) electrons. The van der Waals surface area contributed by atoms with Gasteiger partial charge in [0.25, 0.3) is 11.8 Å². The van der Waals surface area contributed by atoms with Gasteiger partial charge in [-0.15, -0.1) is 11.8 Å². The molecule has 1 fully saturated rings. The zero-order valence-electron chi connectivity index (χ0n) is 24.6. The molecule has 0 saturated carbocycles. The van der Waals surface area contributed by atoms with Gasteiger partial charge in [0, 0.05) is 27.6 Å². The highest BCUT2D eigenvalue weighted by Crippen LogP contribution is 2.34. The van der Waals surface area contributed by atoms with Crippen LogP contribution in [0.2, 0.25) is 5.02 Å². The van der Waals surface area contributed by atoms with E-state index in [0.29, 0.717) is 33.1 Å². The van der Waals surface area contributed by atoms with Crippen molar-refractivity contribution in [3.63, 3.8) is 0 Å². The number of anilines is 2. The van der Waals surface area contributed by atoms with Gasteiger partial charge in [0.1, 0.15) is 5.70 Å². The first-order valence-corrected chi connectivity index (χ1v) is 15.5. The standard InChI is InChI=1S/C35H28ClN3O6S/c1-2-45-35(44)24-10-16-27(17-11-24)39-31(40)21-30(34(39)43)46-28-18-14-26(15-19-28)37-33(42)29(20-22-8-12-25(36)13-9-22)38-32(41)23-6-4-3-5-7-23/h3-20,30H,2,21H2,1H3,(H,37,42)(H,38,41)/b29-20-. The molecule has 2 N–H and O–H groups in total. The molecule has 232 valence electrons. The number of benzene rings is 4. The number of nitrogens with one attached hydrogen (secondary N) is 2. The van der Waals surface area contributed by atoms with Crippen molar-refractivity contribution in [3.05, 3.63) is 131 Å². The van der Waals surface area contributed by atoms with Crippen molar-refractivity contribution < 1.29 is 28.7 Å². The third-order valence-electron chi connectivity index (χ3n) is 6.84. The first kappa shape index (κ1) is 32.2. The van der Waals surface area contributed by atoms with Crippen LogP contribution in [0.1, 0.15) is 39.6 Å². The van der Waals surface area contributed by atoms with Crippen molar-refractivity contribution in [2.24, 2.45) is 0 Å². The van der Waals surface area contributed by atoms with Crippen LogP contribution in [0.4, 0.5) is 11.4 Å². The molecular weight excluding hydrogens is 626 g/mol. The molecule has 11 heteroatoms. The minimum absolute atomic E-state index is 0.0155. The number of hydrogen-bond donors (Lipinski definition) is 2. The molecule has 4 amide bonds. The number of nitrogens with zero attached hydrogens (tertiary/aromatic N) is 1. The van der Waals surface area contributed by atoms with Crippen molar-refractivity contribution >= 4 is 70.4 Å². The van der Waals surface area contributed by atoms with Gasteiger partial charge in [-0.25, -0.2) is 9.69 Å². The summed E-state index contributed by atoms with van der Waals surface area (Å²) in [6.07, 6.45) is 1.57. The Labute approximate surface area is 274 Å². The highest BCUT2D eigenvalue weighted by molar-refractivity contribution is 8.00. The first-order chi connectivity index (χ1) is 22.2. The summed E-state index contributed by atoms with van der Waals surface area (Å²) in [5.74, 6) is -2.16. The number of hydrogen-bond acceptors (Lipinski definition) is 7. The van der Waals surface area contributed by atoms with Crippen LogP contribution in [0.25, 0.3) is 6.08 Å². The van der Waals surface area contributed by atoms with Gasteiger partial charge in [-0.1, -0.05) is 41.9 Å². The summed E-state index contributed by atoms with van der Waals surface area (Å²) in [5, 5.41) is 5.39. The Hall–Kier alpha value is -5.19. The van der Waals surface area contributed by atoms with E-state index in [2.05, 4.69) is 10.6 Å². The minimum Gasteiger partial charge on any atom is -0.462 e. The van der Waals surface area contributed by atoms with Gasteiger partial charge < -0.3 is 15.4 Å². The number of thioether (sulfide) groups is 1. The van der Waals surface area contributed by atoms with E-state index in [1.165, 1.54) is 23.9 Å². The number of halogens is 1. The second-order valence-corrected chi connectivity index (χ2v) is 11.8. The van der Waals surface area contributed by atoms with E-state index in [1.807, 2.05) is 0 Å². The van der Waals surface area contributed by atoms with Crippen LogP contribution in [0.15, 0.2) is 114 Å². The molecule has 9 nitrogen and oxygen atoms in total. The second-order valence-electron chi connectivity index (χ2n) is 10.1. The van der Waals surface area contributed by atoms with E-state index in [9.17, 15) is 24.0 Å². The number of carbonyl (C=O) groups is 5. The first-order valence-electron chi connectivity index (χ1n) is 14.3. The number of ether oxygens (including phenoxy) is 1. The minimum atomic E-state index is -0.639. The Balaban J connectivity index is 1.25. The zero-order valence-corrected chi connectivity index (χ0v) is 26.1. The van der Waals surface area contributed by atoms with Crippen molar-refractivity contribution in [2.45, 2.75) is 23.5 Å². The van der Waals surface area contributed by atoms with E-state index >= 15 is 0 Å². The Bertz CT molecular complexity index is 1790. The van der Waals surface area contributed by atoms with Crippen LogP contribution in [0, 0.1) is 0 Å². The van der Waals surface area contributed by atoms with Gasteiger partial charge in [0.2, 0.25) is 11.8 Å². The van der Waals surface area contributed by atoms with E-state index in [-0.39, 0.29) is 30.5 Å². The number of rotatable bonds is 10. The Morgan fingerprint density at radius 3 is 2.22 bits per heavy atom. The van der Waals surface area contributed by atoms with Crippen LogP contribution in [-0.4, -0.2) is 41.5 Å². The van der Waals surface area contributed by atoms with Gasteiger partial charge in [-0.05, 0) is 91.4 Å². The molecule has 1 aliphatic rings. The Morgan fingerprint density at radius 1 is 0.891 bits per heavy atom. The van der Waals surface area contributed by atoms with E-state index in [4.69, 9.17) is 16.3 Å². The molecule has 0 bridgehead atoms. The molecule has 4 aromatic rings. The van der Waals surface area contributed by atoms with Gasteiger partial charge in [-0.3, -0.25) is 19.2 Å². The fraction of sp³-hybridized carbons (Fsp3) is 0.114. The van der Waals surface area contributed by atoms with E-state index in [0.717, 1.165) is 9.80 Å². The average molecular weight is 654 g/mol. The van der Waals surface area contributed by atoms with Crippen molar-refractivity contribution in [1.82, 2.24) is 5.32 Å². The molecule has 1 aliphatic heterocycles. The monoisotopic (exact) mass is 653 g/mol. The SMILES string of the molecule is CCOC(=O)c1ccc(N2C(=O)CC(Sc3ccc(NC(=O)/C(=C/c4ccc(Cl)cc4)NC(=O)c4ccccc4)cc3)C2=O)cc1. The smallest absolute Gasteiger partial charge is 0.338 e. The average Bonchev–Trinajstić information content (AvgIpc) is 3.34. The summed E-state index contributed by atoms with van der Waals surface area (Å²) >= 11 is 7.24. The summed E-state index contributed by atoms with van der Waals surface area (Å²) in [6.45, 7) is 1.95. The molecule has 4 aromatic carbocycles. The largest absolute Gasteiger partial charge is 0.462 e. The highest BCUT2D eigenvalue weighted by atomic mass is 35.5. The van der Waals surface area contributed by atoms with Crippen LogP contribution in [0.3, 0.4) is 0 Å². The van der Waals surface area contributed by atoms with Gasteiger partial charge in [-0.2, -0.15) is 0 Å². The summed E-state index contributed by atoms with van der Waals surface area (Å²) in [4.78, 5) is 65.9. The summed E-state index contributed by atoms with van der Waals surface area (Å²) in [7, 11) is 0. The van der Waals surface area contributed by atoms with Crippen LogP contribution in [0.5, 0.6) is 0 Å². The quantitative estimate of drug-likeness (QED) is 0.116. The fourth-order valence-corrected chi connectivity index (χ4v) is 5.76. The number of carbonyl (C=O) groups excluding carboxylic acids is 5. The topological polar surface area (TPSA) is 122 Å². The van der Waals surface area contributed by atoms with Crippen molar-refractivity contribution in [3.8, 4) is 0 Å². The van der Waals surface area contributed by atoms with Gasteiger partial charge in [0.05, 0.1) is 23.1 Å². The summed E-state index contributed by atoms with van der Waals surface area (Å²) in [6, 6.07) is 28.3. The summed E-state index contributed by atoms with van der Waals surface area (Å²) in [5.41, 5.74) is 2.25. The number of imide groups is 1. The highest BCUT2D eigenvalue weighted by Gasteiger charge is 2.40. The predicted octanol–water partition coefficient (Wildman–Crippen LogP) is 6.35. The Kier molecular flexibility index (Phi) is 10.3. The lowest BCUT2D eigenvalue weighted by Crippen LogP contribution is -2.31. The molecule has 0 aromatic heterocycles. The summed E-state index contributed by atoms with van der Waals surface area (Å²) < 4.78 is 4.98. The fourth-order valence-electron chi connectivity index (χ4n) is 4.58. The zero-order chi connectivity index (χ0) is 32.6. The van der Waals surface area contributed by atoms with Crippen LogP contribution in [-0.2, 0) is 19.1 Å². The van der Waals surface area contributed by atoms with Gasteiger partial charge in [0.15, 0.2) is 0 Å². The van der Waals surface area contributed by atoms with E-state index < -0.39 is 23.0 Å². The lowest BCUT2D eigenvalue weighted by molar-refractivity contribution is -0.121. The molecule has 46 heavy (non-hydrogen) atoms. The molecule has 1 atom stereocenters. The lowest BCUT2D eigenvalue weighted by Gasteiger charge is -2.15. The number of esters is 1. The maximum atomic E-state index is 13.3. The Morgan fingerprint density at radius 2 is 1.57 bits per heavy atom. The molecule has 5 rings (SSSR count). The van der Waals surface area contributed by atoms with E-state index in [1.54, 1.807) is 104 Å². The maximum absolute atomic E-state index is 13.3. The van der Waals surface area contributed by atoms with Gasteiger partial charge >= 0.3 is 5.97 Å². The molecular formula is C35H28ClN3O6S. The number of amides is 4. The second kappa shape index (κ2) is 14.7. The normalized spacial score (nSPS) is 14.6. The molecule has 0 spiro atoms. The third kappa shape index (κ3) is 7.90. The maximum Gasteiger partial charge on any atom is 0.338 e. The molecule has 1 saturated heterocycles. The molecule has 0 aliphatic carbocycles.